The molecule has 136 valence electrons. The maximum atomic E-state index is 13.0. The highest BCUT2D eigenvalue weighted by Crippen LogP contribution is 2.41. The fraction of sp³-hybridized carbons (Fsp3) is 0.250. The van der Waals surface area contributed by atoms with Crippen LogP contribution in [0.2, 0.25) is 0 Å². The highest BCUT2D eigenvalue weighted by Gasteiger charge is 2.24. The van der Waals surface area contributed by atoms with E-state index in [1.165, 1.54) is 14.2 Å². The number of methoxy groups -OCH3 is 3. The summed E-state index contributed by atoms with van der Waals surface area (Å²) in [4.78, 5) is 13.0. The largest absolute Gasteiger partial charge is 0.507 e. The minimum Gasteiger partial charge on any atom is -0.507 e. The predicted molar refractivity (Wildman–Crippen MR) is 98.7 cm³/mol. The van der Waals surface area contributed by atoms with Gasteiger partial charge in [-0.3, -0.25) is 4.79 Å². The summed E-state index contributed by atoms with van der Waals surface area (Å²) in [6.07, 6.45) is 0. The van der Waals surface area contributed by atoms with Crippen LogP contribution in [0.15, 0.2) is 33.5 Å². The quantitative estimate of drug-likeness (QED) is 0.766. The monoisotopic (exact) mass is 356 g/mol. The normalized spacial score (nSPS) is 10.8. The number of rotatable bonds is 4. The summed E-state index contributed by atoms with van der Waals surface area (Å²) >= 11 is 0. The highest BCUT2D eigenvalue weighted by atomic mass is 16.5. The van der Waals surface area contributed by atoms with Crippen LogP contribution in [0.5, 0.6) is 23.0 Å². The van der Waals surface area contributed by atoms with Gasteiger partial charge in [-0.2, -0.15) is 0 Å². The minimum absolute atomic E-state index is 0.0296. The topological polar surface area (TPSA) is 78.1 Å². The molecule has 0 bridgehead atoms. The van der Waals surface area contributed by atoms with Gasteiger partial charge < -0.3 is 23.7 Å². The molecule has 1 aromatic heterocycles. The third kappa shape index (κ3) is 2.54. The van der Waals surface area contributed by atoms with Gasteiger partial charge in [0.1, 0.15) is 28.2 Å². The average molecular weight is 356 g/mol. The van der Waals surface area contributed by atoms with Crippen LogP contribution in [0.4, 0.5) is 0 Å². The summed E-state index contributed by atoms with van der Waals surface area (Å²) in [7, 11) is 4.48. The van der Waals surface area contributed by atoms with E-state index in [1.807, 2.05) is 0 Å². The molecule has 0 radical (unpaired) electrons. The van der Waals surface area contributed by atoms with Crippen molar-refractivity contribution in [2.45, 2.75) is 13.8 Å². The van der Waals surface area contributed by atoms with Gasteiger partial charge >= 0.3 is 0 Å². The molecule has 0 unspecified atom stereocenters. The SMILES string of the molecule is COc1ccc(-c2oc3c(C)c(OC)c(C)c(O)c3c(=O)c2OC)cc1. The molecule has 2 aromatic carbocycles. The van der Waals surface area contributed by atoms with Crippen molar-refractivity contribution in [1.82, 2.24) is 0 Å². The molecular formula is C20H20O6. The number of fused-ring (bicyclic) bond motifs is 1. The van der Waals surface area contributed by atoms with Crippen LogP contribution >= 0.6 is 0 Å². The molecule has 0 atom stereocenters. The third-order valence-electron chi connectivity index (χ3n) is 4.44. The molecule has 0 saturated carbocycles. The van der Waals surface area contributed by atoms with Crippen molar-refractivity contribution >= 4 is 11.0 Å². The van der Waals surface area contributed by atoms with Gasteiger partial charge in [-0.05, 0) is 38.1 Å². The maximum absolute atomic E-state index is 13.0. The van der Waals surface area contributed by atoms with E-state index in [-0.39, 0.29) is 28.2 Å². The molecule has 6 heteroatoms. The van der Waals surface area contributed by atoms with E-state index < -0.39 is 5.43 Å². The number of aryl methyl sites for hydroxylation is 1. The highest BCUT2D eigenvalue weighted by molar-refractivity contribution is 5.92. The lowest BCUT2D eigenvalue weighted by Gasteiger charge is -2.15. The van der Waals surface area contributed by atoms with E-state index in [2.05, 4.69) is 0 Å². The van der Waals surface area contributed by atoms with Gasteiger partial charge in [-0.15, -0.1) is 0 Å². The Hall–Kier alpha value is -3.15. The lowest BCUT2D eigenvalue weighted by molar-refractivity contribution is 0.391. The summed E-state index contributed by atoms with van der Waals surface area (Å²) in [6, 6.07) is 7.07. The first-order valence-electron chi connectivity index (χ1n) is 7.99. The molecule has 26 heavy (non-hydrogen) atoms. The molecule has 0 aliphatic rings. The first-order chi connectivity index (χ1) is 12.4. The molecule has 1 N–H and O–H groups in total. The molecule has 3 rings (SSSR count). The molecule has 0 saturated heterocycles. The fourth-order valence-corrected chi connectivity index (χ4v) is 3.10. The van der Waals surface area contributed by atoms with Crippen molar-refractivity contribution in [3.05, 3.63) is 45.6 Å². The van der Waals surface area contributed by atoms with Crippen molar-refractivity contribution in [2.75, 3.05) is 21.3 Å². The van der Waals surface area contributed by atoms with Gasteiger partial charge in [0.25, 0.3) is 0 Å². The van der Waals surface area contributed by atoms with Crippen LogP contribution in [0.25, 0.3) is 22.3 Å². The van der Waals surface area contributed by atoms with Crippen molar-refractivity contribution < 1.29 is 23.7 Å². The Kier molecular flexibility index (Phi) is 4.50. The number of phenolic OH excluding ortho intramolecular Hbond substituents is 1. The lowest BCUT2D eigenvalue weighted by atomic mass is 10.0. The van der Waals surface area contributed by atoms with Crippen LogP contribution in [-0.4, -0.2) is 26.4 Å². The van der Waals surface area contributed by atoms with Crippen molar-refractivity contribution in [2.24, 2.45) is 0 Å². The molecule has 6 nitrogen and oxygen atoms in total. The first-order valence-corrected chi connectivity index (χ1v) is 7.99. The second-order valence-electron chi connectivity index (χ2n) is 5.86. The minimum atomic E-state index is -0.439. The van der Waals surface area contributed by atoms with Gasteiger partial charge in [0, 0.05) is 16.7 Å². The smallest absolute Gasteiger partial charge is 0.239 e. The van der Waals surface area contributed by atoms with Crippen molar-refractivity contribution in [3.63, 3.8) is 0 Å². The second kappa shape index (κ2) is 6.63. The number of benzene rings is 2. The number of hydrogen-bond acceptors (Lipinski definition) is 6. The lowest BCUT2D eigenvalue weighted by Crippen LogP contribution is -2.09. The van der Waals surface area contributed by atoms with E-state index >= 15 is 0 Å². The van der Waals surface area contributed by atoms with E-state index in [4.69, 9.17) is 18.6 Å². The summed E-state index contributed by atoms with van der Waals surface area (Å²) in [5.74, 6) is 1.30. The Bertz CT molecular complexity index is 1030. The standard InChI is InChI=1S/C20H20O6/c1-10-15(21)14-16(22)20(25-5)19(12-6-8-13(23-3)9-7-12)26-18(14)11(2)17(10)24-4/h6-9,21H,1-5H3. The number of phenols is 1. The predicted octanol–water partition coefficient (Wildman–Crippen LogP) is 3.81. The Morgan fingerprint density at radius 1 is 0.885 bits per heavy atom. The van der Waals surface area contributed by atoms with Gasteiger partial charge in [-0.1, -0.05) is 0 Å². The van der Waals surface area contributed by atoms with E-state index in [0.29, 0.717) is 28.2 Å². The zero-order valence-electron chi connectivity index (χ0n) is 15.3. The summed E-state index contributed by atoms with van der Waals surface area (Å²) < 4.78 is 21.9. The van der Waals surface area contributed by atoms with Crippen LogP contribution < -0.4 is 19.6 Å². The van der Waals surface area contributed by atoms with E-state index in [9.17, 15) is 9.90 Å². The number of aromatic hydroxyl groups is 1. The first kappa shape index (κ1) is 17.7. The van der Waals surface area contributed by atoms with Crippen LogP contribution in [0.3, 0.4) is 0 Å². The molecule has 0 amide bonds. The Morgan fingerprint density at radius 3 is 2.04 bits per heavy atom. The third-order valence-corrected chi connectivity index (χ3v) is 4.44. The van der Waals surface area contributed by atoms with Crippen molar-refractivity contribution in [1.29, 1.82) is 0 Å². The Balaban J connectivity index is 2.42. The average Bonchev–Trinajstić information content (AvgIpc) is 2.66. The molecule has 0 aliphatic heterocycles. The molecule has 3 aromatic rings. The van der Waals surface area contributed by atoms with Gasteiger partial charge in [0.05, 0.1) is 21.3 Å². The zero-order chi connectivity index (χ0) is 19.0. The Labute approximate surface area is 150 Å². The molecular weight excluding hydrogens is 336 g/mol. The molecule has 0 fully saturated rings. The van der Waals surface area contributed by atoms with Crippen LogP contribution in [0.1, 0.15) is 11.1 Å². The number of ether oxygens (including phenoxy) is 3. The van der Waals surface area contributed by atoms with Gasteiger partial charge in [0.15, 0.2) is 5.76 Å². The summed E-state index contributed by atoms with van der Waals surface area (Å²) in [5.41, 5.74) is 1.59. The molecule has 1 heterocycles. The maximum Gasteiger partial charge on any atom is 0.239 e. The van der Waals surface area contributed by atoms with Crippen LogP contribution in [-0.2, 0) is 0 Å². The van der Waals surface area contributed by atoms with Crippen molar-refractivity contribution in [3.8, 4) is 34.3 Å². The summed E-state index contributed by atoms with van der Waals surface area (Å²) in [6.45, 7) is 3.46. The second-order valence-corrected chi connectivity index (χ2v) is 5.86. The van der Waals surface area contributed by atoms with E-state index in [1.54, 1.807) is 45.2 Å². The van der Waals surface area contributed by atoms with Crippen LogP contribution in [0, 0.1) is 13.8 Å². The molecule has 0 aliphatic carbocycles. The van der Waals surface area contributed by atoms with Gasteiger partial charge in [-0.25, -0.2) is 0 Å². The zero-order valence-corrected chi connectivity index (χ0v) is 15.3. The molecule has 0 spiro atoms. The summed E-state index contributed by atoms with van der Waals surface area (Å²) in [5, 5.41) is 10.6. The van der Waals surface area contributed by atoms with Gasteiger partial charge in [0.2, 0.25) is 11.2 Å². The number of hydrogen-bond donors (Lipinski definition) is 1. The Morgan fingerprint density at radius 2 is 1.50 bits per heavy atom. The van der Waals surface area contributed by atoms with E-state index in [0.717, 1.165) is 0 Å². The fourth-order valence-electron chi connectivity index (χ4n) is 3.10.